The van der Waals surface area contributed by atoms with Crippen LogP contribution < -0.4 is 10.6 Å². The fourth-order valence-corrected chi connectivity index (χ4v) is 2.36. The third-order valence-electron chi connectivity index (χ3n) is 3.58. The Bertz CT molecular complexity index is 440. The van der Waals surface area contributed by atoms with Gasteiger partial charge in [0.15, 0.2) is 0 Å². The average molecular weight is 274 g/mol. The van der Waals surface area contributed by atoms with Crippen molar-refractivity contribution in [3.63, 3.8) is 0 Å². The minimum atomic E-state index is -4.43. The zero-order valence-electron chi connectivity index (χ0n) is 10.5. The molecule has 1 heterocycles. The van der Waals surface area contributed by atoms with Gasteiger partial charge >= 0.3 is 6.18 Å². The molecule has 3 nitrogen and oxygen atoms in total. The molecule has 106 valence electrons. The van der Waals surface area contributed by atoms with Gasteiger partial charge in [0.05, 0.1) is 5.56 Å². The fourth-order valence-electron chi connectivity index (χ4n) is 2.36. The van der Waals surface area contributed by atoms with Crippen LogP contribution in [-0.2, 0) is 6.18 Å². The molecule has 0 saturated carbocycles. The molecule has 1 aliphatic rings. The second-order valence-electron chi connectivity index (χ2n) is 4.88. The van der Waals surface area contributed by atoms with Crippen molar-refractivity contribution in [3.8, 4) is 0 Å². The predicted octanol–water partition coefficient (Wildman–Crippen LogP) is 2.50. The number of piperidine rings is 1. The molecular formula is C13H17F3N2O. The van der Waals surface area contributed by atoms with E-state index in [9.17, 15) is 13.2 Å². The van der Waals surface area contributed by atoms with Crippen LogP contribution in [-0.4, -0.2) is 24.8 Å². The quantitative estimate of drug-likeness (QED) is 0.815. The number of nitrogens with two attached hydrogens (primary N) is 1. The minimum Gasteiger partial charge on any atom is -0.398 e. The predicted molar refractivity (Wildman–Crippen MR) is 67.9 cm³/mol. The summed E-state index contributed by atoms with van der Waals surface area (Å²) in [5, 5.41) is 9.05. The number of benzene rings is 1. The minimum absolute atomic E-state index is 0.142. The molecule has 0 atom stereocenters. The highest BCUT2D eigenvalue weighted by atomic mass is 19.4. The maximum absolute atomic E-state index is 12.8. The Balaban J connectivity index is 2.18. The maximum atomic E-state index is 12.8. The van der Waals surface area contributed by atoms with Gasteiger partial charge in [0, 0.05) is 31.1 Å². The number of alkyl halides is 3. The van der Waals surface area contributed by atoms with E-state index in [0.717, 1.165) is 18.9 Å². The Morgan fingerprint density at radius 3 is 2.42 bits per heavy atom. The van der Waals surface area contributed by atoms with E-state index in [0.29, 0.717) is 18.8 Å². The van der Waals surface area contributed by atoms with Gasteiger partial charge in [0.1, 0.15) is 0 Å². The summed E-state index contributed by atoms with van der Waals surface area (Å²) in [6, 6.07) is 4.02. The second kappa shape index (κ2) is 5.28. The van der Waals surface area contributed by atoms with Crippen molar-refractivity contribution < 1.29 is 18.3 Å². The number of nitrogens with zero attached hydrogens (tertiary/aromatic N) is 1. The van der Waals surface area contributed by atoms with E-state index in [2.05, 4.69) is 0 Å². The third kappa shape index (κ3) is 3.12. The van der Waals surface area contributed by atoms with Crippen LogP contribution in [0.1, 0.15) is 18.4 Å². The number of hydrogen-bond acceptors (Lipinski definition) is 3. The Morgan fingerprint density at radius 1 is 1.26 bits per heavy atom. The largest absolute Gasteiger partial charge is 0.418 e. The Morgan fingerprint density at radius 2 is 1.89 bits per heavy atom. The zero-order valence-corrected chi connectivity index (χ0v) is 10.5. The van der Waals surface area contributed by atoms with Crippen molar-refractivity contribution in [1.29, 1.82) is 0 Å². The summed E-state index contributed by atoms with van der Waals surface area (Å²) in [4.78, 5) is 1.90. The smallest absolute Gasteiger partial charge is 0.398 e. The van der Waals surface area contributed by atoms with Gasteiger partial charge in [0.2, 0.25) is 0 Å². The second-order valence-corrected chi connectivity index (χ2v) is 4.88. The van der Waals surface area contributed by atoms with Crippen molar-refractivity contribution in [1.82, 2.24) is 0 Å². The van der Waals surface area contributed by atoms with E-state index in [-0.39, 0.29) is 18.2 Å². The molecule has 1 saturated heterocycles. The van der Waals surface area contributed by atoms with Gasteiger partial charge in [-0.25, -0.2) is 0 Å². The molecule has 0 bridgehead atoms. The third-order valence-corrected chi connectivity index (χ3v) is 3.58. The van der Waals surface area contributed by atoms with Crippen LogP contribution in [0.2, 0.25) is 0 Å². The molecular weight excluding hydrogens is 257 g/mol. The summed E-state index contributed by atoms with van der Waals surface area (Å²) in [5.41, 5.74) is 4.89. The molecule has 0 radical (unpaired) electrons. The van der Waals surface area contributed by atoms with Gasteiger partial charge in [-0.05, 0) is 37.0 Å². The topological polar surface area (TPSA) is 49.5 Å². The number of aliphatic hydroxyl groups is 1. The first-order valence-corrected chi connectivity index (χ1v) is 6.24. The van der Waals surface area contributed by atoms with Crippen molar-refractivity contribution in [2.45, 2.75) is 19.0 Å². The van der Waals surface area contributed by atoms with Crippen molar-refractivity contribution in [3.05, 3.63) is 23.8 Å². The van der Waals surface area contributed by atoms with Crippen molar-refractivity contribution in [2.75, 3.05) is 30.3 Å². The molecule has 1 aromatic rings. The number of nitrogen functional groups attached to an aromatic ring is 1. The molecule has 1 fully saturated rings. The fraction of sp³-hybridized carbons (Fsp3) is 0.538. The van der Waals surface area contributed by atoms with Crippen LogP contribution in [0.3, 0.4) is 0 Å². The van der Waals surface area contributed by atoms with Crippen LogP contribution in [0.25, 0.3) is 0 Å². The highest BCUT2D eigenvalue weighted by molar-refractivity contribution is 5.59. The molecule has 3 N–H and O–H groups in total. The molecule has 1 aromatic carbocycles. The lowest BCUT2D eigenvalue weighted by Crippen LogP contribution is -2.34. The first-order valence-electron chi connectivity index (χ1n) is 6.24. The van der Waals surface area contributed by atoms with Crippen molar-refractivity contribution in [2.24, 2.45) is 5.92 Å². The number of hydrogen-bond donors (Lipinski definition) is 2. The van der Waals surface area contributed by atoms with E-state index in [1.165, 1.54) is 6.07 Å². The molecule has 1 aliphatic heterocycles. The summed E-state index contributed by atoms with van der Waals surface area (Å²) in [6.07, 6.45) is -2.84. The van der Waals surface area contributed by atoms with Gasteiger partial charge in [-0.1, -0.05) is 0 Å². The number of aliphatic hydroxyl groups excluding tert-OH is 1. The van der Waals surface area contributed by atoms with Gasteiger partial charge in [-0.15, -0.1) is 0 Å². The van der Waals surface area contributed by atoms with E-state index >= 15 is 0 Å². The lowest BCUT2D eigenvalue weighted by Gasteiger charge is -2.33. The van der Waals surface area contributed by atoms with Crippen molar-refractivity contribution >= 4 is 11.4 Å². The van der Waals surface area contributed by atoms with Crippen LogP contribution in [0.5, 0.6) is 0 Å². The lowest BCUT2D eigenvalue weighted by molar-refractivity contribution is -0.136. The first-order chi connectivity index (χ1) is 8.91. The summed E-state index contributed by atoms with van der Waals surface area (Å²) in [5.74, 6) is 0.257. The van der Waals surface area contributed by atoms with Gasteiger partial charge in [-0.2, -0.15) is 13.2 Å². The summed E-state index contributed by atoms with van der Waals surface area (Å²) < 4.78 is 38.3. The average Bonchev–Trinajstić information content (AvgIpc) is 2.38. The maximum Gasteiger partial charge on any atom is 0.418 e. The first kappa shape index (κ1) is 14.0. The van der Waals surface area contributed by atoms with Gasteiger partial charge in [0.25, 0.3) is 0 Å². The van der Waals surface area contributed by atoms with Crippen LogP contribution in [0, 0.1) is 5.92 Å². The lowest BCUT2D eigenvalue weighted by atomic mass is 9.97. The highest BCUT2D eigenvalue weighted by Gasteiger charge is 2.33. The Labute approximate surface area is 109 Å². The molecule has 0 spiro atoms. The SMILES string of the molecule is Nc1ccc(N2CCC(CO)CC2)cc1C(F)(F)F. The number of rotatable bonds is 2. The molecule has 2 rings (SSSR count). The summed E-state index contributed by atoms with van der Waals surface area (Å²) in [7, 11) is 0. The summed E-state index contributed by atoms with van der Waals surface area (Å²) >= 11 is 0. The molecule has 0 amide bonds. The normalized spacial score (nSPS) is 17.8. The van der Waals surface area contributed by atoms with Gasteiger partial charge < -0.3 is 15.7 Å². The molecule has 6 heteroatoms. The van der Waals surface area contributed by atoms with E-state index < -0.39 is 11.7 Å². The molecule has 0 aliphatic carbocycles. The summed E-state index contributed by atoms with van der Waals surface area (Å²) in [6.45, 7) is 1.46. The Kier molecular flexibility index (Phi) is 3.89. The molecule has 0 aromatic heterocycles. The van der Waals surface area contributed by atoms with Crippen LogP contribution >= 0.6 is 0 Å². The van der Waals surface area contributed by atoms with E-state index in [1.54, 1.807) is 6.07 Å². The highest BCUT2D eigenvalue weighted by Crippen LogP contribution is 2.36. The standard InChI is InChI=1S/C13H17F3N2O/c14-13(15,16)11-7-10(1-2-12(11)17)18-5-3-9(8-19)4-6-18/h1-2,7,9,19H,3-6,8,17H2. The molecule has 19 heavy (non-hydrogen) atoms. The van der Waals surface area contributed by atoms with Gasteiger partial charge in [-0.3, -0.25) is 0 Å². The van der Waals surface area contributed by atoms with Crippen LogP contribution in [0.15, 0.2) is 18.2 Å². The zero-order chi connectivity index (χ0) is 14.0. The number of halogens is 3. The van der Waals surface area contributed by atoms with Crippen LogP contribution in [0.4, 0.5) is 24.5 Å². The number of anilines is 2. The van der Waals surface area contributed by atoms with E-state index in [4.69, 9.17) is 10.8 Å². The Hall–Kier alpha value is -1.43. The molecule has 0 unspecified atom stereocenters. The monoisotopic (exact) mass is 274 g/mol. The van der Waals surface area contributed by atoms with E-state index in [1.807, 2.05) is 4.90 Å².